The van der Waals surface area contributed by atoms with Gasteiger partial charge in [-0.2, -0.15) is 0 Å². The first kappa shape index (κ1) is 24.4. The summed E-state index contributed by atoms with van der Waals surface area (Å²) in [4.78, 5) is 0. The molecule has 7 atom stereocenters. The third-order valence-electron chi connectivity index (χ3n) is 6.06. The van der Waals surface area contributed by atoms with Crippen LogP contribution in [-0.4, -0.2) is 62.2 Å². The molecule has 3 N–H and O–H groups in total. The molecule has 0 aliphatic carbocycles. The lowest BCUT2D eigenvalue weighted by atomic mass is 9.90. The molecule has 0 saturated carbocycles. The maximum atomic E-state index is 12.1. The van der Waals surface area contributed by atoms with Crippen molar-refractivity contribution >= 4 is 22.4 Å². The molecule has 33 heavy (non-hydrogen) atoms. The van der Waals surface area contributed by atoms with Crippen LogP contribution < -0.4 is 9.47 Å². The zero-order valence-corrected chi connectivity index (χ0v) is 20.3. The third kappa shape index (κ3) is 4.78. The van der Waals surface area contributed by atoms with E-state index in [0.717, 1.165) is 22.4 Å². The van der Waals surface area contributed by atoms with E-state index in [1.807, 2.05) is 44.2 Å². The summed E-state index contributed by atoms with van der Waals surface area (Å²) in [5.74, 6) is 1.30. The minimum Gasteiger partial charge on any atom is -0.494 e. The fourth-order valence-corrected chi connectivity index (χ4v) is 5.56. The topological polar surface area (TPSA) is 105 Å². The van der Waals surface area contributed by atoms with Crippen molar-refractivity contribution in [2.24, 2.45) is 0 Å². The first-order valence-corrected chi connectivity index (χ1v) is 13.0. The van der Waals surface area contributed by atoms with Gasteiger partial charge in [0, 0.05) is 23.8 Å². The minimum absolute atomic E-state index is 0.121. The first-order chi connectivity index (χ1) is 15.7. The van der Waals surface area contributed by atoms with Gasteiger partial charge in [-0.15, -0.1) is 0 Å². The van der Waals surface area contributed by atoms with Gasteiger partial charge in [-0.25, -0.2) is 0 Å². The van der Waals surface area contributed by atoms with Crippen LogP contribution in [0.1, 0.15) is 42.2 Å². The zero-order chi connectivity index (χ0) is 23.9. The Hall–Kier alpha value is -1.68. The molecule has 0 bridgehead atoms. The average molecular weight is 497 g/mol. The van der Waals surface area contributed by atoms with Gasteiger partial charge in [0.15, 0.2) is 5.44 Å². The monoisotopic (exact) mass is 496 g/mol. The molecule has 9 heteroatoms. The highest BCUT2D eigenvalue weighted by Gasteiger charge is 2.47. The minimum atomic E-state index is -1.58. The van der Waals surface area contributed by atoms with E-state index >= 15 is 0 Å². The molecule has 0 amide bonds. The fraction of sp³-hybridized carbons (Fsp3) is 0.500. The normalized spacial score (nSPS) is 29.9. The molecule has 0 aromatic heterocycles. The number of benzene rings is 2. The van der Waals surface area contributed by atoms with E-state index in [4.69, 9.17) is 25.8 Å². The van der Waals surface area contributed by atoms with E-state index in [1.165, 1.54) is 6.26 Å². The average Bonchev–Trinajstić information content (AvgIpc) is 3.18. The number of aliphatic hydroxyl groups is 3. The Morgan fingerprint density at radius 1 is 1.15 bits per heavy atom. The van der Waals surface area contributed by atoms with Crippen molar-refractivity contribution in [2.45, 2.75) is 62.6 Å². The molecule has 4 rings (SSSR count). The van der Waals surface area contributed by atoms with Gasteiger partial charge in [0.1, 0.15) is 42.0 Å². The maximum Gasteiger partial charge on any atom is 0.161 e. The predicted octanol–water partition coefficient (Wildman–Crippen LogP) is 2.51. The van der Waals surface area contributed by atoms with Gasteiger partial charge in [-0.05, 0) is 49.6 Å². The van der Waals surface area contributed by atoms with Gasteiger partial charge in [-0.1, -0.05) is 23.7 Å². The van der Waals surface area contributed by atoms with E-state index in [2.05, 4.69) is 0 Å². The number of hydrogen-bond acceptors (Lipinski definition) is 7. The Balaban J connectivity index is 1.74. The van der Waals surface area contributed by atoms with Crippen molar-refractivity contribution in [3.8, 4) is 11.5 Å². The second-order valence-corrected chi connectivity index (χ2v) is 10.4. The van der Waals surface area contributed by atoms with E-state index in [0.29, 0.717) is 35.8 Å². The lowest BCUT2D eigenvalue weighted by Gasteiger charge is -2.40. The molecule has 2 aromatic carbocycles. The molecule has 2 heterocycles. The standard InChI is InChI=1S/C24H29ClO7S/c1-4-30-15-7-5-13(6-8-15)10-14-11-17(22-16(18(14)25)9-12(2)31-22)23-20(27)19(26)21(28)24(32-23)33(3)29/h5-8,11-12,19-21,23-24,26-28H,4,9-10H2,1-3H3/t12?,19-,20-,21+,23+,24-,33+/m1/s1. The molecule has 1 saturated heterocycles. The fourth-order valence-electron chi connectivity index (χ4n) is 4.45. The summed E-state index contributed by atoms with van der Waals surface area (Å²) in [5.41, 5.74) is 2.03. The van der Waals surface area contributed by atoms with Crippen LogP contribution in [0.25, 0.3) is 0 Å². The Morgan fingerprint density at radius 2 is 1.85 bits per heavy atom. The molecular formula is C24H29ClO7S. The summed E-state index contributed by atoms with van der Waals surface area (Å²) in [6.07, 6.45) is -3.06. The lowest BCUT2D eigenvalue weighted by molar-refractivity contribution is -0.201. The highest BCUT2D eigenvalue weighted by molar-refractivity contribution is 7.84. The SMILES string of the molecule is CCOc1ccc(Cc2cc([C@@H]3O[C@H]([S@](C)=O)[C@@H](O)[C@H](O)[C@H]3O)c3c(c2Cl)CC(C)O3)cc1. The molecule has 2 aromatic rings. The highest BCUT2D eigenvalue weighted by Crippen LogP contribution is 2.46. The Morgan fingerprint density at radius 3 is 2.48 bits per heavy atom. The molecule has 7 nitrogen and oxygen atoms in total. The van der Waals surface area contributed by atoms with Crippen molar-refractivity contribution < 1.29 is 33.7 Å². The third-order valence-corrected chi connectivity index (χ3v) is 7.57. The number of aliphatic hydroxyl groups excluding tert-OH is 3. The molecule has 1 fully saturated rings. The lowest BCUT2D eigenvalue weighted by Crippen LogP contribution is -2.55. The van der Waals surface area contributed by atoms with Gasteiger partial charge in [-0.3, -0.25) is 4.21 Å². The van der Waals surface area contributed by atoms with Gasteiger partial charge >= 0.3 is 0 Å². The molecule has 2 aliphatic rings. The second kappa shape index (κ2) is 9.90. The van der Waals surface area contributed by atoms with Crippen LogP contribution in [-0.2, 0) is 28.4 Å². The zero-order valence-electron chi connectivity index (χ0n) is 18.7. The number of ether oxygens (including phenoxy) is 3. The molecule has 2 aliphatic heterocycles. The van der Waals surface area contributed by atoms with E-state index in [9.17, 15) is 19.5 Å². The number of hydrogen-bond donors (Lipinski definition) is 3. The van der Waals surface area contributed by atoms with Crippen LogP contribution in [0.15, 0.2) is 30.3 Å². The summed E-state index contributed by atoms with van der Waals surface area (Å²) in [5, 5.41) is 32.0. The number of rotatable bonds is 6. The number of fused-ring (bicyclic) bond motifs is 1. The van der Waals surface area contributed by atoms with Crippen LogP contribution in [0.4, 0.5) is 0 Å². The maximum absolute atomic E-state index is 12.1. The first-order valence-electron chi connectivity index (χ1n) is 11.0. The van der Waals surface area contributed by atoms with Crippen molar-refractivity contribution in [3.63, 3.8) is 0 Å². The summed E-state index contributed by atoms with van der Waals surface area (Å²) >= 11 is 6.78. The summed E-state index contributed by atoms with van der Waals surface area (Å²) in [6, 6.07) is 9.55. The molecule has 180 valence electrons. The van der Waals surface area contributed by atoms with Crippen LogP contribution in [0, 0.1) is 0 Å². The largest absolute Gasteiger partial charge is 0.494 e. The summed E-state index contributed by atoms with van der Waals surface area (Å²) < 4.78 is 29.5. The van der Waals surface area contributed by atoms with Crippen molar-refractivity contribution in [2.75, 3.05) is 12.9 Å². The van der Waals surface area contributed by atoms with Crippen molar-refractivity contribution in [1.82, 2.24) is 0 Å². The van der Waals surface area contributed by atoms with Crippen LogP contribution >= 0.6 is 11.6 Å². The molecule has 0 spiro atoms. The van der Waals surface area contributed by atoms with Crippen LogP contribution in [0.3, 0.4) is 0 Å². The predicted molar refractivity (Wildman–Crippen MR) is 125 cm³/mol. The highest BCUT2D eigenvalue weighted by atomic mass is 35.5. The van der Waals surface area contributed by atoms with Gasteiger partial charge < -0.3 is 29.5 Å². The summed E-state index contributed by atoms with van der Waals surface area (Å²) in [7, 11) is -1.58. The molecule has 1 unspecified atom stereocenters. The summed E-state index contributed by atoms with van der Waals surface area (Å²) in [6.45, 7) is 4.44. The van der Waals surface area contributed by atoms with Crippen molar-refractivity contribution in [1.29, 1.82) is 0 Å². The van der Waals surface area contributed by atoms with Crippen LogP contribution in [0.2, 0.25) is 5.02 Å². The Labute approximate surface area is 200 Å². The second-order valence-electron chi connectivity index (χ2n) is 8.53. The number of halogens is 1. The van der Waals surface area contributed by atoms with E-state index < -0.39 is 40.7 Å². The van der Waals surface area contributed by atoms with E-state index in [-0.39, 0.29) is 6.10 Å². The molecule has 0 radical (unpaired) electrons. The Bertz CT molecular complexity index is 1030. The van der Waals surface area contributed by atoms with Gasteiger partial charge in [0.2, 0.25) is 0 Å². The van der Waals surface area contributed by atoms with Gasteiger partial charge in [0.05, 0.1) is 22.4 Å². The Kier molecular flexibility index (Phi) is 7.33. The van der Waals surface area contributed by atoms with Crippen LogP contribution in [0.5, 0.6) is 11.5 Å². The quantitative estimate of drug-likeness (QED) is 0.564. The van der Waals surface area contributed by atoms with Gasteiger partial charge in [0.25, 0.3) is 0 Å². The smallest absolute Gasteiger partial charge is 0.161 e. The van der Waals surface area contributed by atoms with Crippen molar-refractivity contribution in [3.05, 3.63) is 57.6 Å². The molecular weight excluding hydrogens is 468 g/mol. The van der Waals surface area contributed by atoms with E-state index in [1.54, 1.807) is 0 Å².